The Balaban J connectivity index is 1.89. The maximum absolute atomic E-state index is 11.3. The highest BCUT2D eigenvalue weighted by atomic mass is 16.3. The van der Waals surface area contributed by atoms with E-state index in [4.69, 9.17) is 5.84 Å². The first-order valence-electron chi connectivity index (χ1n) is 7.00. The molecule has 8 heteroatoms. The predicted octanol–water partition coefficient (Wildman–Crippen LogP) is -0.881. The van der Waals surface area contributed by atoms with E-state index in [9.17, 15) is 9.90 Å². The highest BCUT2D eigenvalue weighted by Crippen LogP contribution is 2.16. The molecule has 0 aromatic carbocycles. The van der Waals surface area contributed by atoms with Crippen LogP contribution in [0.15, 0.2) is 6.20 Å². The monoisotopic (exact) mass is 282 g/mol. The van der Waals surface area contributed by atoms with Crippen molar-refractivity contribution in [3.05, 3.63) is 11.9 Å². The minimum absolute atomic E-state index is 0.193. The summed E-state index contributed by atoms with van der Waals surface area (Å²) in [4.78, 5) is 13.6. The standard InChI is InChI=1S/C12H22N6O2/c13-14-12(20)11-8-18(16-15-11)7-6-17-5-3-1-2-4-10(17)9-19/h8,10,19H,1-7,9,13H2,(H,14,20). The van der Waals surface area contributed by atoms with Crippen molar-refractivity contribution in [3.63, 3.8) is 0 Å². The van der Waals surface area contributed by atoms with Crippen molar-refractivity contribution in [1.82, 2.24) is 25.3 Å². The zero-order valence-corrected chi connectivity index (χ0v) is 11.5. The van der Waals surface area contributed by atoms with Crippen LogP contribution in [0.25, 0.3) is 0 Å². The van der Waals surface area contributed by atoms with E-state index in [2.05, 4.69) is 15.2 Å². The van der Waals surface area contributed by atoms with Gasteiger partial charge in [0.15, 0.2) is 5.69 Å². The van der Waals surface area contributed by atoms with E-state index in [1.807, 2.05) is 5.43 Å². The maximum atomic E-state index is 11.3. The van der Waals surface area contributed by atoms with E-state index in [0.29, 0.717) is 6.54 Å². The topological polar surface area (TPSA) is 109 Å². The lowest BCUT2D eigenvalue weighted by Crippen LogP contribution is -2.39. The zero-order chi connectivity index (χ0) is 14.4. The first-order valence-corrected chi connectivity index (χ1v) is 7.00. The predicted molar refractivity (Wildman–Crippen MR) is 72.6 cm³/mol. The molecule has 0 spiro atoms. The molecule has 1 fully saturated rings. The van der Waals surface area contributed by atoms with E-state index in [-0.39, 0.29) is 18.3 Å². The van der Waals surface area contributed by atoms with Gasteiger partial charge in [0.2, 0.25) is 0 Å². The number of amides is 1. The van der Waals surface area contributed by atoms with E-state index in [1.165, 1.54) is 12.8 Å². The summed E-state index contributed by atoms with van der Waals surface area (Å²) in [7, 11) is 0. The summed E-state index contributed by atoms with van der Waals surface area (Å²) < 4.78 is 1.63. The number of hydrazine groups is 1. The number of carbonyl (C=O) groups is 1. The van der Waals surface area contributed by atoms with Gasteiger partial charge in [-0.15, -0.1) is 5.10 Å². The van der Waals surface area contributed by atoms with Gasteiger partial charge in [-0.3, -0.25) is 19.8 Å². The lowest BCUT2D eigenvalue weighted by atomic mass is 10.1. The van der Waals surface area contributed by atoms with Gasteiger partial charge in [-0.05, 0) is 19.4 Å². The van der Waals surface area contributed by atoms with Crippen molar-refractivity contribution in [3.8, 4) is 0 Å². The van der Waals surface area contributed by atoms with Gasteiger partial charge in [-0.25, -0.2) is 5.84 Å². The van der Waals surface area contributed by atoms with Crippen molar-refractivity contribution >= 4 is 5.91 Å². The van der Waals surface area contributed by atoms with Crippen LogP contribution in [-0.4, -0.2) is 56.6 Å². The number of nitrogens with zero attached hydrogens (tertiary/aromatic N) is 4. The van der Waals surface area contributed by atoms with E-state index < -0.39 is 5.91 Å². The van der Waals surface area contributed by atoms with Crippen molar-refractivity contribution in [1.29, 1.82) is 0 Å². The quantitative estimate of drug-likeness (QED) is 0.367. The summed E-state index contributed by atoms with van der Waals surface area (Å²) in [5, 5.41) is 17.1. The third-order valence-corrected chi connectivity index (χ3v) is 3.73. The molecule has 0 aliphatic carbocycles. The van der Waals surface area contributed by atoms with Crippen LogP contribution in [0.4, 0.5) is 0 Å². The summed E-state index contributed by atoms with van der Waals surface area (Å²) in [5.41, 5.74) is 2.24. The van der Waals surface area contributed by atoms with Crippen LogP contribution < -0.4 is 11.3 Å². The van der Waals surface area contributed by atoms with Crippen LogP contribution in [0, 0.1) is 0 Å². The Morgan fingerprint density at radius 1 is 1.45 bits per heavy atom. The molecule has 2 rings (SSSR count). The van der Waals surface area contributed by atoms with Gasteiger partial charge in [0.05, 0.1) is 19.3 Å². The van der Waals surface area contributed by atoms with Gasteiger partial charge in [0.1, 0.15) is 0 Å². The number of hydrogen-bond donors (Lipinski definition) is 3. The molecule has 1 aromatic heterocycles. The van der Waals surface area contributed by atoms with Gasteiger partial charge >= 0.3 is 0 Å². The molecule has 0 bridgehead atoms. The van der Waals surface area contributed by atoms with Crippen LogP contribution >= 0.6 is 0 Å². The summed E-state index contributed by atoms with van der Waals surface area (Å²) in [6, 6.07) is 0.229. The molecular formula is C12H22N6O2. The number of aliphatic hydroxyl groups excluding tert-OH is 1. The Bertz CT molecular complexity index is 435. The molecule has 1 aromatic rings. The van der Waals surface area contributed by atoms with Gasteiger partial charge in [-0.1, -0.05) is 18.1 Å². The number of carbonyl (C=O) groups excluding carboxylic acids is 1. The van der Waals surface area contributed by atoms with Gasteiger partial charge in [0, 0.05) is 12.6 Å². The highest BCUT2D eigenvalue weighted by Gasteiger charge is 2.20. The number of rotatable bonds is 5. The third-order valence-electron chi connectivity index (χ3n) is 3.73. The fourth-order valence-corrected chi connectivity index (χ4v) is 2.55. The lowest BCUT2D eigenvalue weighted by molar-refractivity contribution is 0.0948. The second-order valence-electron chi connectivity index (χ2n) is 5.06. The molecule has 1 saturated heterocycles. The van der Waals surface area contributed by atoms with Gasteiger partial charge in [0.25, 0.3) is 5.91 Å². The summed E-state index contributed by atoms with van der Waals surface area (Å²) >= 11 is 0. The van der Waals surface area contributed by atoms with Crippen molar-refractivity contribution < 1.29 is 9.90 Å². The minimum atomic E-state index is -0.445. The average Bonchev–Trinajstić information content (AvgIpc) is 2.83. The number of aromatic nitrogens is 3. The normalized spacial score (nSPS) is 20.6. The van der Waals surface area contributed by atoms with Crippen molar-refractivity contribution in [2.75, 3.05) is 19.7 Å². The molecule has 8 nitrogen and oxygen atoms in total. The number of likely N-dealkylation sites (tertiary alicyclic amines) is 1. The minimum Gasteiger partial charge on any atom is -0.395 e. The molecule has 1 aliphatic heterocycles. The van der Waals surface area contributed by atoms with E-state index in [0.717, 1.165) is 25.9 Å². The van der Waals surface area contributed by atoms with Gasteiger partial charge in [-0.2, -0.15) is 0 Å². The van der Waals surface area contributed by atoms with Crippen LogP contribution in [0.3, 0.4) is 0 Å². The Labute approximate surface area is 117 Å². The fraction of sp³-hybridized carbons (Fsp3) is 0.750. The van der Waals surface area contributed by atoms with Crippen LogP contribution in [0.5, 0.6) is 0 Å². The highest BCUT2D eigenvalue weighted by molar-refractivity contribution is 5.91. The first kappa shape index (κ1) is 14.9. The Morgan fingerprint density at radius 3 is 3.05 bits per heavy atom. The lowest BCUT2D eigenvalue weighted by Gasteiger charge is -2.28. The summed E-state index contributed by atoms with van der Waals surface area (Å²) in [6.45, 7) is 2.62. The average molecular weight is 282 g/mol. The Morgan fingerprint density at radius 2 is 2.30 bits per heavy atom. The molecule has 2 heterocycles. The number of hydrogen-bond acceptors (Lipinski definition) is 6. The smallest absolute Gasteiger partial charge is 0.287 e. The second kappa shape index (κ2) is 7.32. The molecule has 0 radical (unpaired) electrons. The number of aliphatic hydroxyl groups is 1. The summed E-state index contributed by atoms with van der Waals surface area (Å²) in [5.74, 6) is 4.60. The molecule has 0 saturated carbocycles. The molecule has 112 valence electrons. The number of nitrogens with one attached hydrogen (secondary N) is 1. The molecule has 1 unspecified atom stereocenters. The van der Waals surface area contributed by atoms with Crippen molar-refractivity contribution in [2.45, 2.75) is 38.3 Å². The van der Waals surface area contributed by atoms with Crippen LogP contribution in [0.1, 0.15) is 36.2 Å². The molecule has 1 atom stereocenters. The van der Waals surface area contributed by atoms with E-state index in [1.54, 1.807) is 10.9 Å². The first-order chi connectivity index (χ1) is 9.74. The summed E-state index contributed by atoms with van der Waals surface area (Å²) in [6.07, 6.45) is 6.17. The number of nitrogens with two attached hydrogens (primary N) is 1. The van der Waals surface area contributed by atoms with E-state index >= 15 is 0 Å². The SMILES string of the molecule is NNC(=O)c1cn(CCN2CCCCCC2CO)nn1. The van der Waals surface area contributed by atoms with Crippen LogP contribution in [0.2, 0.25) is 0 Å². The maximum Gasteiger partial charge on any atom is 0.287 e. The molecular weight excluding hydrogens is 260 g/mol. The number of nitrogen functional groups attached to an aromatic ring is 1. The van der Waals surface area contributed by atoms with Gasteiger partial charge < -0.3 is 5.11 Å². The Hall–Kier alpha value is -1.51. The third kappa shape index (κ3) is 3.75. The molecule has 1 aliphatic rings. The second-order valence-corrected chi connectivity index (χ2v) is 5.06. The fourth-order valence-electron chi connectivity index (χ4n) is 2.55. The Kier molecular flexibility index (Phi) is 5.45. The molecule has 20 heavy (non-hydrogen) atoms. The van der Waals surface area contributed by atoms with Crippen molar-refractivity contribution in [2.24, 2.45) is 5.84 Å². The zero-order valence-electron chi connectivity index (χ0n) is 11.5. The largest absolute Gasteiger partial charge is 0.395 e. The molecule has 1 amide bonds. The molecule has 4 N–H and O–H groups in total. The van der Waals surface area contributed by atoms with Crippen LogP contribution in [-0.2, 0) is 6.54 Å².